The Kier molecular flexibility index (Phi) is 5.72. The van der Waals surface area contributed by atoms with Crippen molar-refractivity contribution >= 4 is 17.4 Å². The summed E-state index contributed by atoms with van der Waals surface area (Å²) >= 11 is 0. The Hall–Kier alpha value is -2.56. The number of allylic oxidation sites excluding steroid dienone is 5. The number of carbonyl (C=O) groups is 1. The second-order valence-corrected chi connectivity index (χ2v) is 4.42. The second kappa shape index (κ2) is 7.28. The van der Waals surface area contributed by atoms with Gasteiger partial charge in [0.1, 0.15) is 11.5 Å². The van der Waals surface area contributed by atoms with Crippen LogP contribution in [-0.4, -0.2) is 22.3 Å². The van der Waals surface area contributed by atoms with Crippen molar-refractivity contribution in [2.45, 2.75) is 20.8 Å². The van der Waals surface area contributed by atoms with Crippen molar-refractivity contribution in [3.05, 3.63) is 54.4 Å². The molecule has 0 saturated carbocycles. The van der Waals surface area contributed by atoms with E-state index in [2.05, 4.69) is 18.3 Å². The van der Waals surface area contributed by atoms with Gasteiger partial charge in [0.2, 0.25) is 0 Å². The van der Waals surface area contributed by atoms with E-state index >= 15 is 0 Å². The van der Waals surface area contributed by atoms with Crippen LogP contribution in [0.1, 0.15) is 36.8 Å². The van der Waals surface area contributed by atoms with Gasteiger partial charge in [0.15, 0.2) is 0 Å². The van der Waals surface area contributed by atoms with Gasteiger partial charge in [0, 0.05) is 11.9 Å². The van der Waals surface area contributed by atoms with Gasteiger partial charge in [-0.2, -0.15) is 5.10 Å². The van der Waals surface area contributed by atoms with E-state index < -0.39 is 5.91 Å². The van der Waals surface area contributed by atoms with Gasteiger partial charge in [-0.15, -0.1) is 0 Å². The van der Waals surface area contributed by atoms with Crippen LogP contribution >= 0.6 is 0 Å². The lowest BCUT2D eigenvalue weighted by atomic mass is 10.2. The van der Waals surface area contributed by atoms with Gasteiger partial charge in [0.05, 0.1) is 12.2 Å². The smallest absolute Gasteiger partial charge is 0.252 e. The summed E-state index contributed by atoms with van der Waals surface area (Å²) in [6.07, 6.45) is 7.02. The number of rotatable bonds is 7. The van der Waals surface area contributed by atoms with Crippen molar-refractivity contribution in [1.29, 1.82) is 0 Å². The standard InChI is InChI=1S/C16H21N3O2/c1-6-8-9-11(3)12(4)19-10-14(16(17)20)15(18-19)13(5)21-7-2/h6,8-10H,1,5,7H2,2-4H3,(H2,17,20)/b9-8-,12-11+. The van der Waals surface area contributed by atoms with E-state index in [0.717, 1.165) is 11.3 Å². The van der Waals surface area contributed by atoms with Crippen LogP contribution in [0.4, 0.5) is 0 Å². The Labute approximate surface area is 125 Å². The van der Waals surface area contributed by atoms with E-state index in [4.69, 9.17) is 10.5 Å². The molecule has 1 rings (SSSR count). The highest BCUT2D eigenvalue weighted by Gasteiger charge is 2.18. The molecule has 0 unspecified atom stereocenters. The van der Waals surface area contributed by atoms with E-state index in [-0.39, 0.29) is 5.56 Å². The number of nitrogens with zero attached hydrogens (tertiary/aromatic N) is 2. The molecule has 1 heterocycles. The Balaban J connectivity index is 3.31. The third kappa shape index (κ3) is 3.95. The maximum absolute atomic E-state index is 11.5. The minimum Gasteiger partial charge on any atom is -0.492 e. The molecule has 0 radical (unpaired) electrons. The van der Waals surface area contributed by atoms with Crippen molar-refractivity contribution < 1.29 is 9.53 Å². The fourth-order valence-electron chi connectivity index (χ4n) is 1.69. The lowest BCUT2D eigenvalue weighted by Gasteiger charge is -2.05. The van der Waals surface area contributed by atoms with Crippen molar-refractivity contribution in [2.24, 2.45) is 5.73 Å². The van der Waals surface area contributed by atoms with Gasteiger partial charge < -0.3 is 10.5 Å². The first-order valence-electron chi connectivity index (χ1n) is 6.60. The van der Waals surface area contributed by atoms with Crippen molar-refractivity contribution in [3.63, 3.8) is 0 Å². The third-order valence-electron chi connectivity index (χ3n) is 2.96. The van der Waals surface area contributed by atoms with E-state index in [1.54, 1.807) is 17.0 Å². The fraction of sp³-hybridized carbons (Fsp3) is 0.250. The largest absolute Gasteiger partial charge is 0.492 e. The molecule has 1 aromatic rings. The molecule has 0 aliphatic heterocycles. The van der Waals surface area contributed by atoms with Crippen LogP contribution in [0.3, 0.4) is 0 Å². The molecule has 1 aromatic heterocycles. The number of carbonyl (C=O) groups excluding carboxylic acids is 1. The van der Waals surface area contributed by atoms with Gasteiger partial charge in [0.25, 0.3) is 5.91 Å². The Morgan fingerprint density at radius 3 is 2.71 bits per heavy atom. The summed E-state index contributed by atoms with van der Waals surface area (Å²) in [5.41, 5.74) is 7.89. The molecule has 112 valence electrons. The average molecular weight is 287 g/mol. The molecule has 0 spiro atoms. The summed E-state index contributed by atoms with van der Waals surface area (Å²) in [5, 5.41) is 4.35. The van der Waals surface area contributed by atoms with Crippen LogP contribution in [0.15, 0.2) is 43.2 Å². The predicted octanol–water partition coefficient (Wildman–Crippen LogP) is 2.98. The van der Waals surface area contributed by atoms with Crippen LogP contribution in [0.5, 0.6) is 0 Å². The number of nitrogens with two attached hydrogens (primary N) is 1. The molecule has 0 aliphatic rings. The van der Waals surface area contributed by atoms with Crippen molar-refractivity contribution in [1.82, 2.24) is 9.78 Å². The molecular formula is C16H21N3O2. The highest BCUT2D eigenvalue weighted by atomic mass is 16.5. The summed E-state index contributed by atoms with van der Waals surface area (Å²) in [4.78, 5) is 11.5. The maximum atomic E-state index is 11.5. The van der Waals surface area contributed by atoms with Gasteiger partial charge >= 0.3 is 0 Å². The van der Waals surface area contributed by atoms with Crippen LogP contribution in [0.2, 0.25) is 0 Å². The topological polar surface area (TPSA) is 70.1 Å². The Bertz CT molecular complexity index is 621. The van der Waals surface area contributed by atoms with Crippen LogP contribution in [0.25, 0.3) is 11.5 Å². The number of aromatic nitrogens is 2. The molecule has 0 bridgehead atoms. The molecule has 0 aromatic carbocycles. The van der Waals surface area contributed by atoms with E-state index in [1.807, 2.05) is 32.9 Å². The monoisotopic (exact) mass is 287 g/mol. The molecule has 0 aliphatic carbocycles. The van der Waals surface area contributed by atoms with Crippen molar-refractivity contribution in [2.75, 3.05) is 6.61 Å². The molecular weight excluding hydrogens is 266 g/mol. The molecule has 0 atom stereocenters. The highest BCUT2D eigenvalue weighted by molar-refractivity contribution is 5.96. The lowest BCUT2D eigenvalue weighted by molar-refractivity contribution is 0.0999. The first kappa shape index (κ1) is 16.5. The fourth-order valence-corrected chi connectivity index (χ4v) is 1.69. The highest BCUT2D eigenvalue weighted by Crippen LogP contribution is 2.20. The molecule has 5 heteroatoms. The SMILES string of the molecule is C=C/C=C\C(C)=C(/C)n1cc(C(N)=O)c(C(=C)OCC)n1. The van der Waals surface area contributed by atoms with Gasteiger partial charge in [-0.05, 0) is 26.3 Å². The van der Waals surface area contributed by atoms with Crippen LogP contribution in [0, 0.1) is 0 Å². The molecule has 2 N–H and O–H groups in total. The first-order chi connectivity index (χ1) is 9.92. The summed E-state index contributed by atoms with van der Waals surface area (Å²) in [7, 11) is 0. The zero-order valence-corrected chi connectivity index (χ0v) is 12.7. The third-order valence-corrected chi connectivity index (χ3v) is 2.96. The van der Waals surface area contributed by atoms with Crippen LogP contribution < -0.4 is 5.73 Å². The molecule has 21 heavy (non-hydrogen) atoms. The maximum Gasteiger partial charge on any atom is 0.252 e. The molecule has 0 fully saturated rings. The number of amides is 1. The number of primary amides is 1. The quantitative estimate of drug-likeness (QED) is 0.619. The lowest BCUT2D eigenvalue weighted by Crippen LogP contribution is -2.12. The number of hydrogen-bond acceptors (Lipinski definition) is 3. The normalized spacial score (nSPS) is 12.1. The minimum absolute atomic E-state index is 0.285. The molecule has 1 amide bonds. The minimum atomic E-state index is -0.566. The second-order valence-electron chi connectivity index (χ2n) is 4.42. The van der Waals surface area contributed by atoms with Crippen molar-refractivity contribution in [3.8, 4) is 0 Å². The molecule has 0 saturated heterocycles. The van der Waals surface area contributed by atoms with Gasteiger partial charge in [-0.3, -0.25) is 4.79 Å². The number of hydrogen-bond donors (Lipinski definition) is 1. The number of ether oxygens (including phenoxy) is 1. The van der Waals surface area contributed by atoms with Crippen LogP contribution in [-0.2, 0) is 4.74 Å². The predicted molar refractivity (Wildman–Crippen MR) is 85.3 cm³/mol. The summed E-state index contributed by atoms with van der Waals surface area (Å²) in [6.45, 7) is 13.5. The molecule has 5 nitrogen and oxygen atoms in total. The van der Waals surface area contributed by atoms with E-state index in [1.165, 1.54) is 0 Å². The van der Waals surface area contributed by atoms with E-state index in [9.17, 15) is 4.79 Å². The van der Waals surface area contributed by atoms with Gasteiger partial charge in [-0.25, -0.2) is 4.68 Å². The first-order valence-corrected chi connectivity index (χ1v) is 6.60. The summed E-state index contributed by atoms with van der Waals surface area (Å²) in [5.74, 6) is -0.235. The Morgan fingerprint density at radius 1 is 1.52 bits per heavy atom. The zero-order chi connectivity index (χ0) is 16.0. The summed E-state index contributed by atoms with van der Waals surface area (Å²) < 4.78 is 6.92. The average Bonchev–Trinajstić information content (AvgIpc) is 2.89. The van der Waals surface area contributed by atoms with Gasteiger partial charge in [-0.1, -0.05) is 31.4 Å². The summed E-state index contributed by atoms with van der Waals surface area (Å²) in [6, 6.07) is 0. The van der Waals surface area contributed by atoms with E-state index in [0.29, 0.717) is 18.1 Å². The zero-order valence-electron chi connectivity index (χ0n) is 12.7. The Morgan fingerprint density at radius 2 is 2.19 bits per heavy atom.